The fourth-order valence-corrected chi connectivity index (χ4v) is 2.66. The Kier molecular flexibility index (Phi) is 5.55. The summed E-state index contributed by atoms with van der Waals surface area (Å²) in [6.07, 6.45) is 2.77. The van der Waals surface area contributed by atoms with E-state index in [9.17, 15) is 0 Å². The van der Waals surface area contributed by atoms with E-state index in [2.05, 4.69) is 25.6 Å². The Labute approximate surface area is 141 Å². The molecule has 0 aromatic carbocycles. The zero-order chi connectivity index (χ0) is 16.8. The van der Waals surface area contributed by atoms with Gasteiger partial charge in [0.1, 0.15) is 5.82 Å². The lowest BCUT2D eigenvalue weighted by Gasteiger charge is -2.13. The van der Waals surface area contributed by atoms with E-state index in [-0.39, 0.29) is 6.61 Å². The SMILES string of the molecule is Cc1ccnc(CNc2cc(C3CCOC3)nc(NCCO)n2)c1. The van der Waals surface area contributed by atoms with Crippen LogP contribution in [0.5, 0.6) is 0 Å². The first-order chi connectivity index (χ1) is 11.7. The Morgan fingerprint density at radius 3 is 2.96 bits per heavy atom. The van der Waals surface area contributed by atoms with Crippen molar-refractivity contribution in [2.75, 3.05) is 37.0 Å². The standard InChI is InChI=1S/C17H23N5O2/c1-12-2-4-18-14(8-12)10-20-16-9-15(13-3-7-24-11-13)21-17(22-16)19-5-6-23/h2,4,8-9,13,23H,3,5-7,10-11H2,1H3,(H2,19,20,21,22). The van der Waals surface area contributed by atoms with Crippen LogP contribution in [-0.4, -0.2) is 46.4 Å². The number of aryl methyl sites for hydroxylation is 1. The summed E-state index contributed by atoms with van der Waals surface area (Å²) in [4.78, 5) is 13.4. The number of rotatable bonds is 7. The van der Waals surface area contributed by atoms with Gasteiger partial charge in [0.2, 0.25) is 5.95 Å². The van der Waals surface area contributed by atoms with Gasteiger partial charge >= 0.3 is 0 Å². The van der Waals surface area contributed by atoms with Crippen molar-refractivity contribution in [3.05, 3.63) is 41.3 Å². The van der Waals surface area contributed by atoms with Crippen LogP contribution in [0, 0.1) is 6.92 Å². The van der Waals surface area contributed by atoms with Gasteiger partial charge in [-0.2, -0.15) is 4.98 Å². The number of pyridine rings is 1. The third kappa shape index (κ3) is 4.39. The third-order valence-corrected chi connectivity index (χ3v) is 3.91. The number of anilines is 2. The molecule has 0 saturated carbocycles. The predicted octanol–water partition coefficient (Wildman–Crippen LogP) is 1.70. The van der Waals surface area contributed by atoms with Crippen molar-refractivity contribution < 1.29 is 9.84 Å². The highest BCUT2D eigenvalue weighted by molar-refractivity contribution is 5.43. The first kappa shape index (κ1) is 16.6. The second kappa shape index (κ2) is 8.03. The summed E-state index contributed by atoms with van der Waals surface area (Å²) in [7, 11) is 0. The summed E-state index contributed by atoms with van der Waals surface area (Å²) in [5.74, 6) is 1.56. The van der Waals surface area contributed by atoms with E-state index in [1.54, 1.807) is 0 Å². The summed E-state index contributed by atoms with van der Waals surface area (Å²) in [5, 5.41) is 15.3. The highest BCUT2D eigenvalue weighted by atomic mass is 16.5. The first-order valence-corrected chi connectivity index (χ1v) is 8.21. The molecule has 3 rings (SSSR count). The van der Waals surface area contributed by atoms with Gasteiger partial charge in [-0.15, -0.1) is 0 Å². The van der Waals surface area contributed by atoms with E-state index in [1.807, 2.05) is 31.3 Å². The zero-order valence-corrected chi connectivity index (χ0v) is 13.8. The Balaban J connectivity index is 1.75. The van der Waals surface area contributed by atoms with E-state index < -0.39 is 0 Å². The van der Waals surface area contributed by atoms with Crippen molar-refractivity contribution in [2.45, 2.75) is 25.8 Å². The number of hydrogen-bond acceptors (Lipinski definition) is 7. The van der Waals surface area contributed by atoms with Crippen LogP contribution in [0.25, 0.3) is 0 Å². The molecule has 1 unspecified atom stereocenters. The number of aliphatic hydroxyl groups excluding tert-OH is 1. The van der Waals surface area contributed by atoms with E-state index in [4.69, 9.17) is 9.84 Å². The summed E-state index contributed by atoms with van der Waals surface area (Å²) in [6.45, 7) is 4.56. The van der Waals surface area contributed by atoms with Gasteiger partial charge in [-0.05, 0) is 31.0 Å². The van der Waals surface area contributed by atoms with Crippen LogP contribution in [0.3, 0.4) is 0 Å². The highest BCUT2D eigenvalue weighted by Crippen LogP contribution is 2.26. The number of aromatic nitrogens is 3. The molecule has 3 heterocycles. The molecule has 7 nitrogen and oxygen atoms in total. The molecule has 1 aliphatic rings. The minimum atomic E-state index is 0.0378. The van der Waals surface area contributed by atoms with Crippen LogP contribution in [0.15, 0.2) is 24.4 Å². The average Bonchev–Trinajstić information content (AvgIpc) is 3.13. The van der Waals surface area contributed by atoms with Gasteiger partial charge in [-0.3, -0.25) is 4.98 Å². The fourth-order valence-electron chi connectivity index (χ4n) is 2.66. The molecule has 1 atom stereocenters. The second-order valence-electron chi connectivity index (χ2n) is 5.89. The van der Waals surface area contributed by atoms with Gasteiger partial charge < -0.3 is 20.5 Å². The van der Waals surface area contributed by atoms with Crippen molar-refractivity contribution in [3.63, 3.8) is 0 Å². The van der Waals surface area contributed by atoms with Crippen molar-refractivity contribution in [3.8, 4) is 0 Å². The number of aliphatic hydroxyl groups is 1. The molecule has 1 saturated heterocycles. The van der Waals surface area contributed by atoms with E-state index >= 15 is 0 Å². The maximum Gasteiger partial charge on any atom is 0.224 e. The summed E-state index contributed by atoms with van der Waals surface area (Å²) >= 11 is 0. The molecule has 1 aliphatic heterocycles. The quantitative estimate of drug-likeness (QED) is 0.712. The number of ether oxygens (including phenoxy) is 1. The van der Waals surface area contributed by atoms with Gasteiger partial charge in [0.15, 0.2) is 0 Å². The molecule has 128 valence electrons. The lowest BCUT2D eigenvalue weighted by atomic mass is 10.0. The molecule has 0 amide bonds. The molecule has 3 N–H and O–H groups in total. The van der Waals surface area contributed by atoms with Gasteiger partial charge in [-0.25, -0.2) is 4.98 Å². The molecular weight excluding hydrogens is 306 g/mol. The van der Waals surface area contributed by atoms with E-state index in [0.717, 1.165) is 30.2 Å². The number of hydrogen-bond donors (Lipinski definition) is 3. The zero-order valence-electron chi connectivity index (χ0n) is 13.8. The van der Waals surface area contributed by atoms with Gasteiger partial charge in [0.25, 0.3) is 0 Å². The van der Waals surface area contributed by atoms with Crippen LogP contribution >= 0.6 is 0 Å². The molecule has 0 spiro atoms. The summed E-state index contributed by atoms with van der Waals surface area (Å²) in [6, 6.07) is 5.99. The van der Waals surface area contributed by atoms with Crippen LogP contribution in [0.4, 0.5) is 11.8 Å². The van der Waals surface area contributed by atoms with Gasteiger partial charge in [0, 0.05) is 31.3 Å². The van der Waals surface area contributed by atoms with Crippen molar-refractivity contribution in [1.82, 2.24) is 15.0 Å². The Morgan fingerprint density at radius 1 is 1.29 bits per heavy atom. The molecule has 0 aliphatic carbocycles. The first-order valence-electron chi connectivity index (χ1n) is 8.21. The second-order valence-corrected chi connectivity index (χ2v) is 5.89. The van der Waals surface area contributed by atoms with Crippen LogP contribution in [0.2, 0.25) is 0 Å². The lowest BCUT2D eigenvalue weighted by Crippen LogP contribution is -2.13. The number of nitrogens with zero attached hydrogens (tertiary/aromatic N) is 3. The largest absolute Gasteiger partial charge is 0.395 e. The summed E-state index contributed by atoms with van der Waals surface area (Å²) in [5.41, 5.74) is 3.10. The monoisotopic (exact) mass is 329 g/mol. The Bertz CT molecular complexity index is 674. The molecular formula is C17H23N5O2. The number of nitrogens with one attached hydrogen (secondary N) is 2. The molecule has 2 aromatic rings. The fraction of sp³-hybridized carbons (Fsp3) is 0.471. The highest BCUT2D eigenvalue weighted by Gasteiger charge is 2.20. The van der Waals surface area contributed by atoms with Crippen LogP contribution < -0.4 is 10.6 Å². The average molecular weight is 329 g/mol. The van der Waals surface area contributed by atoms with E-state index in [0.29, 0.717) is 31.6 Å². The van der Waals surface area contributed by atoms with Crippen molar-refractivity contribution in [2.24, 2.45) is 0 Å². The molecule has 2 aromatic heterocycles. The van der Waals surface area contributed by atoms with E-state index in [1.165, 1.54) is 5.56 Å². The third-order valence-electron chi connectivity index (χ3n) is 3.91. The lowest BCUT2D eigenvalue weighted by molar-refractivity contribution is 0.193. The molecule has 24 heavy (non-hydrogen) atoms. The van der Waals surface area contributed by atoms with Gasteiger partial charge in [0.05, 0.1) is 31.1 Å². The maximum absolute atomic E-state index is 8.99. The molecule has 1 fully saturated rings. The molecule has 0 radical (unpaired) electrons. The summed E-state index contributed by atoms with van der Waals surface area (Å²) < 4.78 is 5.46. The van der Waals surface area contributed by atoms with Crippen molar-refractivity contribution in [1.29, 1.82) is 0 Å². The maximum atomic E-state index is 8.99. The smallest absolute Gasteiger partial charge is 0.224 e. The van der Waals surface area contributed by atoms with Crippen molar-refractivity contribution >= 4 is 11.8 Å². The predicted molar refractivity (Wildman–Crippen MR) is 92.1 cm³/mol. The molecule has 0 bridgehead atoms. The molecule has 7 heteroatoms. The topological polar surface area (TPSA) is 92.2 Å². The van der Waals surface area contributed by atoms with Crippen LogP contribution in [-0.2, 0) is 11.3 Å². The van der Waals surface area contributed by atoms with Crippen LogP contribution in [0.1, 0.15) is 29.3 Å². The minimum Gasteiger partial charge on any atom is -0.395 e. The van der Waals surface area contributed by atoms with Gasteiger partial charge in [-0.1, -0.05) is 0 Å². The Hall–Kier alpha value is -2.25. The Morgan fingerprint density at radius 2 is 2.21 bits per heavy atom. The normalized spacial score (nSPS) is 17.0. The minimum absolute atomic E-state index is 0.0378.